The molecule has 0 radical (unpaired) electrons. The standard InChI is InChI=1S/C25H31N5O2S/c1-18-16-21(19(2)30(18)17-20-6-5-13-32-20)24-23(22-7-3-4-8-26-22)27-25(33)29(24)10-9-28-11-14-31-15-12-28/h3-8,13,16,23-24H,9-12,14-15,17H2,1-2H3,(H,27,33)/t23-,24+/m0/s1. The Bertz CT molecular complexity index is 1080. The van der Waals surface area contributed by atoms with Crippen molar-refractivity contribution in [1.29, 1.82) is 0 Å². The van der Waals surface area contributed by atoms with Gasteiger partial charge in [0.15, 0.2) is 5.11 Å². The smallest absolute Gasteiger partial charge is 0.170 e. The van der Waals surface area contributed by atoms with E-state index in [0.29, 0.717) is 0 Å². The van der Waals surface area contributed by atoms with Crippen molar-refractivity contribution >= 4 is 17.3 Å². The van der Waals surface area contributed by atoms with Crippen molar-refractivity contribution in [3.8, 4) is 0 Å². The van der Waals surface area contributed by atoms with E-state index in [2.05, 4.69) is 50.6 Å². The Labute approximate surface area is 200 Å². The number of ether oxygens (including phenoxy) is 1. The number of nitrogens with one attached hydrogen (secondary N) is 1. The van der Waals surface area contributed by atoms with Crippen LogP contribution in [-0.2, 0) is 11.3 Å². The summed E-state index contributed by atoms with van der Waals surface area (Å²) in [6, 6.07) is 12.4. The van der Waals surface area contributed by atoms with Crippen LogP contribution < -0.4 is 5.32 Å². The highest BCUT2D eigenvalue weighted by molar-refractivity contribution is 7.80. The summed E-state index contributed by atoms with van der Waals surface area (Å²) in [6.45, 7) is 10.4. The van der Waals surface area contributed by atoms with Crippen LogP contribution in [0.2, 0.25) is 0 Å². The molecule has 174 valence electrons. The molecule has 8 heteroatoms. The molecule has 1 N–H and O–H groups in total. The number of hydrogen-bond acceptors (Lipinski definition) is 5. The lowest BCUT2D eigenvalue weighted by molar-refractivity contribution is 0.0350. The molecule has 3 aromatic rings. The van der Waals surface area contributed by atoms with Crippen molar-refractivity contribution in [1.82, 2.24) is 24.7 Å². The van der Waals surface area contributed by atoms with Crippen molar-refractivity contribution in [3.05, 3.63) is 77.3 Å². The van der Waals surface area contributed by atoms with Crippen LogP contribution >= 0.6 is 12.2 Å². The molecule has 0 unspecified atom stereocenters. The Morgan fingerprint density at radius 1 is 1.12 bits per heavy atom. The third-order valence-corrected chi connectivity index (χ3v) is 7.14. The van der Waals surface area contributed by atoms with Gasteiger partial charge in [0.1, 0.15) is 5.76 Å². The Morgan fingerprint density at radius 3 is 2.70 bits per heavy atom. The predicted octanol–water partition coefficient (Wildman–Crippen LogP) is 3.45. The van der Waals surface area contributed by atoms with Gasteiger partial charge in [-0.15, -0.1) is 0 Å². The summed E-state index contributed by atoms with van der Waals surface area (Å²) in [5.41, 5.74) is 4.74. The average molecular weight is 466 g/mol. The number of aromatic nitrogens is 2. The van der Waals surface area contributed by atoms with Gasteiger partial charge in [-0.05, 0) is 62.0 Å². The highest BCUT2D eigenvalue weighted by Gasteiger charge is 2.41. The van der Waals surface area contributed by atoms with Crippen molar-refractivity contribution in [3.63, 3.8) is 0 Å². The predicted molar refractivity (Wildman–Crippen MR) is 131 cm³/mol. The molecule has 5 rings (SSSR count). The Morgan fingerprint density at radius 2 is 1.97 bits per heavy atom. The van der Waals surface area contributed by atoms with E-state index in [4.69, 9.17) is 21.4 Å². The fraction of sp³-hybridized carbons (Fsp3) is 0.440. The van der Waals surface area contributed by atoms with Crippen LogP contribution in [0.5, 0.6) is 0 Å². The highest BCUT2D eigenvalue weighted by Crippen LogP contribution is 2.40. The maximum atomic E-state index is 5.86. The Balaban J connectivity index is 1.47. The first-order valence-corrected chi connectivity index (χ1v) is 12.0. The largest absolute Gasteiger partial charge is 0.467 e. The molecule has 0 bridgehead atoms. The average Bonchev–Trinajstić information content (AvgIpc) is 3.54. The maximum Gasteiger partial charge on any atom is 0.170 e. The quantitative estimate of drug-likeness (QED) is 0.537. The van der Waals surface area contributed by atoms with Gasteiger partial charge in [-0.1, -0.05) is 6.07 Å². The lowest BCUT2D eigenvalue weighted by Crippen LogP contribution is -2.42. The first kappa shape index (κ1) is 22.1. The van der Waals surface area contributed by atoms with E-state index < -0.39 is 0 Å². The lowest BCUT2D eigenvalue weighted by Gasteiger charge is -2.32. The molecule has 2 saturated heterocycles. The first-order chi connectivity index (χ1) is 16.1. The summed E-state index contributed by atoms with van der Waals surface area (Å²) in [7, 11) is 0. The van der Waals surface area contributed by atoms with Gasteiger partial charge in [-0.25, -0.2) is 0 Å². The number of morpholine rings is 1. The van der Waals surface area contributed by atoms with Gasteiger partial charge in [-0.2, -0.15) is 0 Å². The monoisotopic (exact) mass is 465 g/mol. The summed E-state index contributed by atoms with van der Waals surface area (Å²) >= 11 is 5.86. The molecule has 2 atom stereocenters. The Kier molecular flexibility index (Phi) is 6.48. The van der Waals surface area contributed by atoms with Crippen LogP contribution in [0, 0.1) is 13.8 Å². The van der Waals surface area contributed by atoms with Gasteiger partial charge in [-0.3, -0.25) is 9.88 Å². The van der Waals surface area contributed by atoms with Crippen molar-refractivity contribution in [2.45, 2.75) is 32.5 Å². The second kappa shape index (κ2) is 9.67. The third-order valence-electron chi connectivity index (χ3n) is 6.78. The molecular formula is C25H31N5O2S. The topological polar surface area (TPSA) is 58.7 Å². The molecule has 2 fully saturated rings. The molecule has 3 aromatic heterocycles. The second-order valence-electron chi connectivity index (χ2n) is 8.77. The summed E-state index contributed by atoms with van der Waals surface area (Å²) < 4.78 is 13.5. The van der Waals surface area contributed by atoms with Crippen molar-refractivity contribution in [2.24, 2.45) is 0 Å². The Hall–Kier alpha value is -2.68. The summed E-state index contributed by atoms with van der Waals surface area (Å²) in [4.78, 5) is 9.48. The number of thiocarbonyl (C=S) groups is 1. The van der Waals surface area contributed by atoms with E-state index >= 15 is 0 Å². The van der Waals surface area contributed by atoms with E-state index in [-0.39, 0.29) is 12.1 Å². The molecule has 5 heterocycles. The van der Waals surface area contributed by atoms with E-state index in [0.717, 1.165) is 62.5 Å². The zero-order valence-electron chi connectivity index (χ0n) is 19.2. The zero-order valence-corrected chi connectivity index (χ0v) is 20.1. The van der Waals surface area contributed by atoms with E-state index in [9.17, 15) is 0 Å². The number of hydrogen-bond donors (Lipinski definition) is 1. The molecule has 33 heavy (non-hydrogen) atoms. The minimum atomic E-state index is 0.000881. The fourth-order valence-electron chi connectivity index (χ4n) is 4.99. The van der Waals surface area contributed by atoms with E-state index in [1.54, 1.807) is 6.26 Å². The minimum Gasteiger partial charge on any atom is -0.467 e. The first-order valence-electron chi connectivity index (χ1n) is 11.6. The van der Waals surface area contributed by atoms with E-state index in [1.807, 2.05) is 30.5 Å². The van der Waals surface area contributed by atoms with Gasteiger partial charge in [0.25, 0.3) is 0 Å². The van der Waals surface area contributed by atoms with Gasteiger partial charge in [0, 0.05) is 43.8 Å². The third kappa shape index (κ3) is 4.55. The highest BCUT2D eigenvalue weighted by atomic mass is 32.1. The summed E-state index contributed by atoms with van der Waals surface area (Å²) in [5, 5.41) is 4.37. The molecule has 0 spiro atoms. The second-order valence-corrected chi connectivity index (χ2v) is 9.15. The van der Waals surface area contributed by atoms with Crippen molar-refractivity contribution < 1.29 is 9.15 Å². The van der Waals surface area contributed by atoms with E-state index in [1.165, 1.54) is 17.0 Å². The van der Waals surface area contributed by atoms with Gasteiger partial charge in [0.2, 0.25) is 0 Å². The molecule has 7 nitrogen and oxygen atoms in total. The number of aryl methyl sites for hydroxylation is 1. The number of furan rings is 1. The molecule has 2 aliphatic heterocycles. The number of pyridine rings is 1. The molecule has 0 aromatic carbocycles. The van der Waals surface area contributed by atoms with Gasteiger partial charge in [0.05, 0.1) is 43.8 Å². The molecule has 2 aliphatic rings. The van der Waals surface area contributed by atoms with Gasteiger partial charge >= 0.3 is 0 Å². The van der Waals surface area contributed by atoms with Crippen LogP contribution in [0.4, 0.5) is 0 Å². The van der Waals surface area contributed by atoms with Crippen LogP contribution in [0.3, 0.4) is 0 Å². The molecule has 0 aliphatic carbocycles. The number of nitrogens with zero attached hydrogens (tertiary/aromatic N) is 4. The van der Waals surface area contributed by atoms with Crippen molar-refractivity contribution in [2.75, 3.05) is 39.4 Å². The van der Waals surface area contributed by atoms with Crippen LogP contribution in [0.25, 0.3) is 0 Å². The SMILES string of the molecule is Cc1cc([C@@H]2[C@H](c3ccccn3)NC(=S)N2CCN2CCOCC2)c(C)n1Cc1ccco1. The molecular weight excluding hydrogens is 434 g/mol. The molecule has 0 saturated carbocycles. The minimum absolute atomic E-state index is 0.000881. The zero-order chi connectivity index (χ0) is 22.8. The van der Waals surface area contributed by atoms with Crippen LogP contribution in [-0.4, -0.2) is 63.9 Å². The lowest BCUT2D eigenvalue weighted by atomic mass is 9.97. The summed E-state index contributed by atoms with van der Waals surface area (Å²) in [5.74, 6) is 0.953. The summed E-state index contributed by atoms with van der Waals surface area (Å²) in [6.07, 6.45) is 3.59. The van der Waals surface area contributed by atoms with Gasteiger partial charge < -0.3 is 23.9 Å². The molecule has 0 amide bonds. The van der Waals surface area contributed by atoms with Crippen LogP contribution in [0.15, 0.2) is 53.3 Å². The number of rotatable bonds is 7. The fourth-order valence-corrected chi connectivity index (χ4v) is 5.32. The maximum absolute atomic E-state index is 5.86. The normalized spacial score (nSPS) is 21.5. The van der Waals surface area contributed by atoms with Crippen LogP contribution in [0.1, 0.15) is 40.5 Å².